The zero-order valence-electron chi connectivity index (χ0n) is 14.4. The second-order valence-electron chi connectivity index (χ2n) is 5.60. The SMILES string of the molecule is CCn1c(SCC(=O)Nc2cccnc2Cl)nnc1-c1ccc(C)cc1. The largest absolute Gasteiger partial charge is 0.323 e. The molecule has 0 radical (unpaired) electrons. The van der Waals surface area contributed by atoms with Crippen molar-refractivity contribution in [3.63, 3.8) is 0 Å². The zero-order chi connectivity index (χ0) is 18.5. The van der Waals surface area contributed by atoms with Crippen molar-refractivity contribution in [2.45, 2.75) is 25.5 Å². The molecule has 1 aromatic carbocycles. The van der Waals surface area contributed by atoms with Crippen molar-refractivity contribution in [3.05, 3.63) is 53.3 Å². The summed E-state index contributed by atoms with van der Waals surface area (Å²) in [7, 11) is 0. The highest BCUT2D eigenvalue weighted by molar-refractivity contribution is 7.99. The predicted octanol–water partition coefficient (Wildman–Crippen LogP) is 4.05. The Kier molecular flexibility index (Phi) is 5.90. The molecule has 0 atom stereocenters. The van der Waals surface area contributed by atoms with Crippen LogP contribution in [0.25, 0.3) is 11.4 Å². The number of amides is 1. The lowest BCUT2D eigenvalue weighted by Crippen LogP contribution is -2.15. The first-order valence-electron chi connectivity index (χ1n) is 8.12. The first-order chi connectivity index (χ1) is 12.6. The molecule has 8 heteroatoms. The van der Waals surface area contributed by atoms with Crippen LogP contribution in [0.15, 0.2) is 47.8 Å². The van der Waals surface area contributed by atoms with E-state index in [0.717, 1.165) is 11.4 Å². The van der Waals surface area contributed by atoms with Crippen LogP contribution in [0, 0.1) is 6.92 Å². The van der Waals surface area contributed by atoms with E-state index < -0.39 is 0 Å². The molecule has 0 bridgehead atoms. The number of hydrogen-bond acceptors (Lipinski definition) is 5. The molecule has 0 aliphatic heterocycles. The van der Waals surface area contributed by atoms with Gasteiger partial charge in [0, 0.05) is 18.3 Å². The summed E-state index contributed by atoms with van der Waals surface area (Å²) in [5.41, 5.74) is 2.69. The minimum atomic E-state index is -0.174. The van der Waals surface area contributed by atoms with Crippen LogP contribution in [-0.4, -0.2) is 31.4 Å². The van der Waals surface area contributed by atoms with E-state index in [1.807, 2.05) is 42.7 Å². The molecule has 1 amide bonds. The number of anilines is 1. The molecule has 6 nitrogen and oxygen atoms in total. The molecule has 134 valence electrons. The van der Waals surface area contributed by atoms with E-state index in [4.69, 9.17) is 11.6 Å². The van der Waals surface area contributed by atoms with Gasteiger partial charge in [-0.2, -0.15) is 0 Å². The summed E-state index contributed by atoms with van der Waals surface area (Å²) in [5.74, 6) is 0.829. The molecule has 2 heterocycles. The Balaban J connectivity index is 1.69. The molecule has 0 aliphatic rings. The van der Waals surface area contributed by atoms with Crippen molar-refractivity contribution in [2.24, 2.45) is 0 Å². The summed E-state index contributed by atoms with van der Waals surface area (Å²) in [5, 5.41) is 12.3. The van der Waals surface area contributed by atoms with E-state index in [1.54, 1.807) is 18.3 Å². The maximum atomic E-state index is 12.2. The maximum absolute atomic E-state index is 12.2. The number of nitrogens with one attached hydrogen (secondary N) is 1. The van der Waals surface area contributed by atoms with E-state index in [-0.39, 0.29) is 16.8 Å². The number of nitrogens with zero attached hydrogens (tertiary/aromatic N) is 4. The Labute approximate surface area is 161 Å². The molecule has 26 heavy (non-hydrogen) atoms. The Morgan fingerprint density at radius 2 is 2.00 bits per heavy atom. The van der Waals surface area contributed by atoms with E-state index in [2.05, 4.69) is 20.5 Å². The highest BCUT2D eigenvalue weighted by Gasteiger charge is 2.15. The molecule has 0 saturated heterocycles. The van der Waals surface area contributed by atoms with Gasteiger partial charge in [0.1, 0.15) is 0 Å². The molecule has 1 N–H and O–H groups in total. The van der Waals surface area contributed by atoms with E-state index in [0.29, 0.717) is 17.4 Å². The summed E-state index contributed by atoms with van der Waals surface area (Å²) in [6, 6.07) is 11.6. The Bertz CT molecular complexity index is 910. The van der Waals surface area contributed by atoms with Crippen LogP contribution in [0.4, 0.5) is 5.69 Å². The molecule has 0 unspecified atom stereocenters. The monoisotopic (exact) mass is 387 g/mol. The Hall–Kier alpha value is -2.38. The zero-order valence-corrected chi connectivity index (χ0v) is 16.0. The normalized spacial score (nSPS) is 10.7. The number of carbonyl (C=O) groups excluding carboxylic acids is 1. The van der Waals surface area contributed by atoms with E-state index in [9.17, 15) is 4.79 Å². The standard InChI is InChI=1S/C18H18ClN5OS/c1-3-24-17(13-8-6-12(2)7-9-13)22-23-18(24)26-11-15(25)21-14-5-4-10-20-16(14)19/h4-10H,3,11H2,1-2H3,(H,21,25). The van der Waals surface area contributed by atoms with Crippen LogP contribution in [-0.2, 0) is 11.3 Å². The number of rotatable bonds is 6. The molecule has 0 saturated carbocycles. The van der Waals surface area contributed by atoms with Crippen molar-refractivity contribution in [3.8, 4) is 11.4 Å². The molecule has 2 aromatic heterocycles. The lowest BCUT2D eigenvalue weighted by atomic mass is 10.1. The summed E-state index contributed by atoms with van der Waals surface area (Å²) in [6.45, 7) is 4.79. The highest BCUT2D eigenvalue weighted by Crippen LogP contribution is 2.25. The third-order valence-electron chi connectivity index (χ3n) is 3.71. The number of aryl methyl sites for hydroxylation is 1. The van der Waals surface area contributed by atoms with E-state index in [1.165, 1.54) is 17.3 Å². The number of halogens is 1. The Morgan fingerprint density at radius 3 is 2.69 bits per heavy atom. The van der Waals surface area contributed by atoms with Crippen molar-refractivity contribution >= 4 is 35.0 Å². The van der Waals surface area contributed by atoms with Gasteiger partial charge in [0.15, 0.2) is 16.1 Å². The average Bonchev–Trinajstić information content (AvgIpc) is 3.05. The third-order valence-corrected chi connectivity index (χ3v) is 4.98. The fourth-order valence-electron chi connectivity index (χ4n) is 2.39. The quantitative estimate of drug-likeness (QED) is 0.510. The smallest absolute Gasteiger partial charge is 0.234 e. The third kappa shape index (κ3) is 4.23. The number of thioether (sulfide) groups is 1. The van der Waals surface area contributed by atoms with Crippen molar-refractivity contribution in [1.82, 2.24) is 19.7 Å². The van der Waals surface area contributed by atoms with Gasteiger partial charge in [-0.1, -0.05) is 53.2 Å². The van der Waals surface area contributed by atoms with Gasteiger partial charge in [0.05, 0.1) is 11.4 Å². The summed E-state index contributed by atoms with van der Waals surface area (Å²) in [4.78, 5) is 16.1. The molecular formula is C18H18ClN5OS. The van der Waals surface area contributed by atoms with Crippen LogP contribution in [0.1, 0.15) is 12.5 Å². The first-order valence-corrected chi connectivity index (χ1v) is 9.48. The second kappa shape index (κ2) is 8.33. The number of aromatic nitrogens is 4. The van der Waals surface area contributed by atoms with Crippen LogP contribution < -0.4 is 5.32 Å². The van der Waals surface area contributed by atoms with Crippen LogP contribution in [0.2, 0.25) is 5.15 Å². The molecule has 0 aliphatic carbocycles. The maximum Gasteiger partial charge on any atom is 0.234 e. The number of hydrogen-bond donors (Lipinski definition) is 1. The summed E-state index contributed by atoms with van der Waals surface area (Å²) in [6.07, 6.45) is 1.57. The van der Waals surface area contributed by atoms with E-state index >= 15 is 0 Å². The lowest BCUT2D eigenvalue weighted by molar-refractivity contribution is -0.113. The fraction of sp³-hybridized carbons (Fsp3) is 0.222. The predicted molar refractivity (Wildman–Crippen MR) is 104 cm³/mol. The van der Waals surface area contributed by atoms with Gasteiger partial charge >= 0.3 is 0 Å². The van der Waals surface area contributed by atoms with Gasteiger partial charge in [0.2, 0.25) is 5.91 Å². The van der Waals surface area contributed by atoms with Gasteiger partial charge in [-0.3, -0.25) is 4.79 Å². The van der Waals surface area contributed by atoms with Gasteiger partial charge in [0.25, 0.3) is 0 Å². The van der Waals surface area contributed by atoms with Crippen LogP contribution in [0.5, 0.6) is 0 Å². The Morgan fingerprint density at radius 1 is 1.23 bits per heavy atom. The van der Waals surface area contributed by atoms with Gasteiger partial charge < -0.3 is 9.88 Å². The van der Waals surface area contributed by atoms with Crippen molar-refractivity contribution < 1.29 is 4.79 Å². The molecule has 3 rings (SSSR count). The summed E-state index contributed by atoms with van der Waals surface area (Å²) >= 11 is 7.29. The molecule has 0 fully saturated rings. The molecular weight excluding hydrogens is 370 g/mol. The van der Waals surface area contributed by atoms with Gasteiger partial charge in [-0.25, -0.2) is 4.98 Å². The fourth-order valence-corrected chi connectivity index (χ4v) is 3.36. The summed E-state index contributed by atoms with van der Waals surface area (Å²) < 4.78 is 2.00. The topological polar surface area (TPSA) is 72.7 Å². The minimum absolute atomic E-state index is 0.174. The van der Waals surface area contributed by atoms with Crippen molar-refractivity contribution in [2.75, 3.05) is 11.1 Å². The highest BCUT2D eigenvalue weighted by atomic mass is 35.5. The first kappa shape index (κ1) is 18.4. The van der Waals surface area contributed by atoms with Crippen LogP contribution in [0.3, 0.4) is 0 Å². The second-order valence-corrected chi connectivity index (χ2v) is 6.90. The number of pyridine rings is 1. The molecule has 0 spiro atoms. The van der Waals surface area contributed by atoms with Gasteiger partial charge in [-0.15, -0.1) is 10.2 Å². The average molecular weight is 388 g/mol. The number of carbonyl (C=O) groups is 1. The lowest BCUT2D eigenvalue weighted by Gasteiger charge is -2.08. The molecule has 3 aromatic rings. The number of benzene rings is 1. The van der Waals surface area contributed by atoms with Gasteiger partial charge in [-0.05, 0) is 26.0 Å². The van der Waals surface area contributed by atoms with Crippen molar-refractivity contribution in [1.29, 1.82) is 0 Å². The minimum Gasteiger partial charge on any atom is -0.323 e. The van der Waals surface area contributed by atoms with Crippen LogP contribution >= 0.6 is 23.4 Å².